The van der Waals surface area contributed by atoms with Crippen LogP contribution in [-0.2, 0) is 28.2 Å². The summed E-state index contributed by atoms with van der Waals surface area (Å²) in [6, 6.07) is 40.6. The molecule has 11 nitrogen and oxygen atoms in total. The van der Waals surface area contributed by atoms with Gasteiger partial charge in [-0.3, -0.25) is 28.8 Å². The van der Waals surface area contributed by atoms with Crippen molar-refractivity contribution in [2.45, 2.75) is 132 Å². The summed E-state index contributed by atoms with van der Waals surface area (Å²) in [5.41, 5.74) is 13.9. The van der Waals surface area contributed by atoms with E-state index >= 15 is 0 Å². The van der Waals surface area contributed by atoms with Crippen molar-refractivity contribution in [3.63, 3.8) is 0 Å². The highest BCUT2D eigenvalue weighted by Gasteiger charge is 2.27. The van der Waals surface area contributed by atoms with E-state index in [9.17, 15) is 28.8 Å². The Kier molecular flexibility index (Phi) is 38.5. The molecule has 0 spiro atoms. The number of carbonyl (C=O) groups is 6. The van der Waals surface area contributed by atoms with Crippen LogP contribution in [-0.4, -0.2) is 66.5 Å². The molecule has 8 aromatic rings. The predicted molar refractivity (Wildman–Crippen MR) is 355 cm³/mol. The van der Waals surface area contributed by atoms with Gasteiger partial charge in [-0.15, -0.1) is 0 Å². The lowest BCUT2D eigenvalue weighted by Crippen LogP contribution is -2.10. The van der Waals surface area contributed by atoms with Crippen LogP contribution in [0.25, 0.3) is 0 Å². The number of carbonyl (C=O) groups excluding carboxylic acids is 6. The Labute approximate surface area is 510 Å². The molecule has 84 heavy (non-hydrogen) atoms. The van der Waals surface area contributed by atoms with E-state index in [4.69, 9.17) is 11.6 Å². The van der Waals surface area contributed by atoms with Gasteiger partial charge in [0.05, 0.1) is 17.1 Å². The van der Waals surface area contributed by atoms with Gasteiger partial charge in [-0.1, -0.05) is 191 Å². The Bertz CT molecular complexity index is 3230. The summed E-state index contributed by atoms with van der Waals surface area (Å²) >= 11 is 5.16. The zero-order valence-electron chi connectivity index (χ0n) is 55.5. The predicted octanol–water partition coefficient (Wildman–Crippen LogP) is 17.3. The first-order chi connectivity index (χ1) is 39.8. The normalized spacial score (nSPS) is 9.51. The van der Waals surface area contributed by atoms with E-state index in [2.05, 4.69) is 43.0 Å². The number of aryl methyl sites for hydroxylation is 5. The van der Waals surface area contributed by atoms with E-state index in [0.717, 1.165) is 45.0 Å². The first-order valence-corrected chi connectivity index (χ1v) is 29.4. The van der Waals surface area contributed by atoms with Crippen molar-refractivity contribution in [3.05, 3.63) is 235 Å². The summed E-state index contributed by atoms with van der Waals surface area (Å²) in [4.78, 5) is 72.0. The molecule has 0 amide bonds. The lowest BCUT2D eigenvalue weighted by molar-refractivity contribution is 0.0936. The van der Waals surface area contributed by atoms with E-state index in [1.807, 2.05) is 234 Å². The van der Waals surface area contributed by atoms with Crippen LogP contribution in [0.2, 0.25) is 0 Å². The summed E-state index contributed by atoms with van der Waals surface area (Å²) in [6.07, 6.45) is 2.12. The van der Waals surface area contributed by atoms with E-state index in [0.29, 0.717) is 39.2 Å². The number of aromatic nitrogens is 4. The number of nitrogens with one attached hydrogen (secondary N) is 1. The number of Topliss-reactive ketones (excluding diaryl/α,β-unsaturated/α-hetero) is 2. The Balaban J connectivity index is 0. The molecular formula is C72H100ClN5O6. The molecule has 0 saturated heterocycles. The van der Waals surface area contributed by atoms with Crippen molar-refractivity contribution >= 4 is 45.8 Å². The third-order valence-corrected chi connectivity index (χ3v) is 13.0. The molecule has 0 fully saturated rings. The van der Waals surface area contributed by atoms with E-state index in [1.54, 1.807) is 53.1 Å². The summed E-state index contributed by atoms with van der Waals surface area (Å²) in [7, 11) is 11.4. The second-order valence-electron chi connectivity index (χ2n) is 18.9. The van der Waals surface area contributed by atoms with Crippen LogP contribution >= 0.6 is 11.6 Å². The van der Waals surface area contributed by atoms with Crippen molar-refractivity contribution in [2.24, 2.45) is 34.1 Å². The highest BCUT2D eigenvalue weighted by atomic mass is 35.5. The van der Waals surface area contributed by atoms with Gasteiger partial charge in [-0.2, -0.15) is 0 Å². The summed E-state index contributed by atoms with van der Waals surface area (Å²) in [6.45, 7) is 36.9. The molecule has 4 aromatic carbocycles. The Morgan fingerprint density at radius 2 is 0.750 bits per heavy atom. The Hall–Kier alpha value is -7.73. The van der Waals surface area contributed by atoms with E-state index in [1.165, 1.54) is 18.2 Å². The fraction of sp³-hybridized carbons (Fsp3) is 0.361. The average Bonchev–Trinajstić information content (AvgIpc) is 3.85. The molecule has 0 bridgehead atoms. The molecule has 0 aliphatic heterocycles. The number of hydrogen-bond acceptors (Lipinski definition) is 7. The maximum atomic E-state index is 12.7. The van der Waals surface area contributed by atoms with Crippen molar-refractivity contribution in [2.75, 3.05) is 14.1 Å². The van der Waals surface area contributed by atoms with Crippen molar-refractivity contribution in [1.82, 2.24) is 23.6 Å². The van der Waals surface area contributed by atoms with Gasteiger partial charge in [0.25, 0.3) is 5.24 Å². The number of rotatable bonds is 10. The molecule has 8 rings (SSSR count). The number of halogens is 1. The minimum atomic E-state index is -0.407. The third kappa shape index (κ3) is 22.8. The van der Waals surface area contributed by atoms with Crippen molar-refractivity contribution in [3.8, 4) is 0 Å². The van der Waals surface area contributed by atoms with Gasteiger partial charge >= 0.3 is 0 Å². The van der Waals surface area contributed by atoms with Gasteiger partial charge in [0.1, 0.15) is 0 Å². The van der Waals surface area contributed by atoms with Gasteiger partial charge in [-0.25, -0.2) is 0 Å². The van der Waals surface area contributed by atoms with Crippen LogP contribution in [0.1, 0.15) is 200 Å². The zero-order chi connectivity index (χ0) is 65.1. The molecule has 0 saturated carbocycles. The average molecular weight is 1170 g/mol. The number of nitrogens with zero attached hydrogens (tertiary/aromatic N) is 4. The lowest BCUT2D eigenvalue weighted by atomic mass is 9.96. The smallest absolute Gasteiger partial charge is 0.252 e. The second-order valence-corrected chi connectivity index (χ2v) is 19.3. The largest absolute Gasteiger partial charge is 0.354 e. The molecule has 0 unspecified atom stereocenters. The first kappa shape index (κ1) is 78.3. The molecule has 0 aliphatic carbocycles. The van der Waals surface area contributed by atoms with Gasteiger partial charge in [0.15, 0.2) is 11.6 Å². The summed E-state index contributed by atoms with van der Waals surface area (Å²) < 4.78 is 7.71. The highest BCUT2D eigenvalue weighted by molar-refractivity contribution is 6.67. The molecule has 0 atom stereocenters. The van der Waals surface area contributed by atoms with Gasteiger partial charge < -0.3 is 23.6 Å². The fourth-order valence-corrected chi connectivity index (χ4v) is 8.77. The lowest BCUT2D eigenvalue weighted by Gasteiger charge is -2.05. The molecule has 0 radical (unpaired) electrons. The monoisotopic (exact) mass is 1170 g/mol. The maximum absolute atomic E-state index is 12.7. The quantitative estimate of drug-likeness (QED) is 0.106. The Morgan fingerprint density at radius 3 is 0.976 bits per heavy atom. The van der Waals surface area contributed by atoms with E-state index < -0.39 is 5.24 Å². The Morgan fingerprint density at radius 1 is 0.440 bits per heavy atom. The van der Waals surface area contributed by atoms with Crippen LogP contribution in [0.3, 0.4) is 0 Å². The maximum Gasteiger partial charge on any atom is 0.252 e. The number of hydrogen-bond donors (Lipinski definition) is 1. The molecule has 4 aromatic heterocycles. The van der Waals surface area contributed by atoms with Crippen molar-refractivity contribution < 1.29 is 28.8 Å². The molecular weight excluding hydrogens is 1070 g/mol. The standard InChI is InChI=1S/C18H21NO2.C16H17NO2.C14H15NO.C7H5ClO.C7H11N.C2H7N.4C2H6/c1-11(2)17(20)15-12(3)16(19(5)13(15)4)18(21)14-9-7-6-8-10-14;1-10-14(12(3)18)11(2)17(4)15(10)16(19)13-8-6-5-7-9-13;1-10-9-11(2)15(3)13(10)14(16)12-7-5-4-6-8-12;8-7(9)6-4-2-1-3-5-6;1-6-4-7(2)8(3)5-6;1-3-2;4*1-2/h6-11H,1-5H3;5-9H,1-4H3;4-9H,1-3H3;1-5H;4-5H,1-3H3;3H,1-2H3;4*1-2H3. The topological polar surface area (TPSA) is 134 Å². The number of ketones is 5. The third-order valence-electron chi connectivity index (χ3n) is 12.8. The summed E-state index contributed by atoms with van der Waals surface area (Å²) in [5, 5.41) is 2.34. The minimum Gasteiger partial charge on any atom is -0.354 e. The van der Waals surface area contributed by atoms with Gasteiger partial charge in [-0.05, 0) is 122 Å². The van der Waals surface area contributed by atoms with Gasteiger partial charge in [0.2, 0.25) is 17.3 Å². The number of benzene rings is 4. The van der Waals surface area contributed by atoms with Crippen LogP contribution in [0.15, 0.2) is 140 Å². The van der Waals surface area contributed by atoms with Gasteiger partial charge in [0, 0.05) is 96.5 Å². The zero-order valence-corrected chi connectivity index (χ0v) is 56.2. The fourth-order valence-electron chi connectivity index (χ4n) is 8.64. The molecule has 0 aliphatic rings. The molecule has 4 heterocycles. The van der Waals surface area contributed by atoms with Crippen LogP contribution in [0.4, 0.5) is 0 Å². The summed E-state index contributed by atoms with van der Waals surface area (Å²) in [5.74, 6) is 0.0151. The molecule has 12 heteroatoms. The highest BCUT2D eigenvalue weighted by Crippen LogP contribution is 2.27. The minimum absolute atomic E-state index is 0.00212. The van der Waals surface area contributed by atoms with Crippen LogP contribution in [0, 0.1) is 61.3 Å². The van der Waals surface area contributed by atoms with Crippen molar-refractivity contribution in [1.29, 1.82) is 0 Å². The molecule has 456 valence electrons. The first-order valence-electron chi connectivity index (χ1n) is 29.1. The van der Waals surface area contributed by atoms with Crippen LogP contribution in [0.5, 0.6) is 0 Å². The molecule has 1 N–H and O–H groups in total. The van der Waals surface area contributed by atoms with Crippen LogP contribution < -0.4 is 5.32 Å². The van der Waals surface area contributed by atoms with E-state index in [-0.39, 0.29) is 34.8 Å². The second kappa shape index (κ2) is 41.3. The SMILES string of the molecule is CC.CC.CC.CC.CC(=O)c1c(C)c(C(=O)c2ccccc2)n(C)c1C.CNC.Cc1c(C(=O)C(C)C)c(C)n(C)c1C(=O)c1ccccc1.Cc1cc(C)n(C)c1.Cc1cc(C)n(C)c1C(=O)c1ccccc1.O=C(Cl)c1ccccc1.